The molecule has 0 fully saturated rings. The van der Waals surface area contributed by atoms with Crippen LogP contribution in [0.25, 0.3) is 16.9 Å². The highest BCUT2D eigenvalue weighted by molar-refractivity contribution is 5.98. The monoisotopic (exact) mass is 365 g/mol. The Hall–Kier alpha value is -3.22. The first-order valence-electron chi connectivity index (χ1n) is 9.04. The zero-order valence-electron chi connectivity index (χ0n) is 15.7. The van der Waals surface area contributed by atoms with Gasteiger partial charge in [-0.3, -0.25) is 9.78 Å². The molecule has 0 spiro atoms. The van der Waals surface area contributed by atoms with E-state index >= 15 is 0 Å². The first-order chi connectivity index (χ1) is 13.1. The lowest BCUT2D eigenvalue weighted by Gasteiger charge is -2.12. The predicted octanol–water partition coefficient (Wildman–Crippen LogP) is 3.26. The Kier molecular flexibility index (Phi) is 5.80. The summed E-state index contributed by atoms with van der Waals surface area (Å²) in [4.78, 5) is 16.8. The van der Waals surface area contributed by atoms with Crippen LogP contribution in [-0.4, -0.2) is 38.5 Å². The van der Waals surface area contributed by atoms with Crippen LogP contribution in [0, 0.1) is 0 Å². The van der Waals surface area contributed by atoms with Gasteiger partial charge in [-0.2, -0.15) is 0 Å². The van der Waals surface area contributed by atoms with E-state index in [0.717, 1.165) is 23.4 Å². The first-order valence-corrected chi connectivity index (χ1v) is 9.04. The molecule has 0 saturated carbocycles. The minimum Gasteiger partial charge on any atom is -0.494 e. The molecular formula is C20H23N5O2. The van der Waals surface area contributed by atoms with Gasteiger partial charge in [0, 0.05) is 24.0 Å². The van der Waals surface area contributed by atoms with Crippen molar-refractivity contribution < 1.29 is 9.53 Å². The highest BCUT2D eigenvalue weighted by Gasteiger charge is 2.23. The van der Waals surface area contributed by atoms with Crippen LogP contribution in [0.1, 0.15) is 37.7 Å². The number of nitrogens with one attached hydrogen (secondary N) is 1. The van der Waals surface area contributed by atoms with E-state index in [1.807, 2.05) is 57.2 Å². The number of hydrogen-bond acceptors (Lipinski definition) is 5. The lowest BCUT2D eigenvalue weighted by molar-refractivity contribution is 0.0935. The van der Waals surface area contributed by atoms with Crippen molar-refractivity contribution in [3.8, 4) is 22.7 Å². The average Bonchev–Trinajstić information content (AvgIpc) is 3.14. The molecule has 1 atom stereocenters. The van der Waals surface area contributed by atoms with Crippen LogP contribution < -0.4 is 10.1 Å². The van der Waals surface area contributed by atoms with Gasteiger partial charge in [-0.15, -0.1) is 5.10 Å². The molecule has 3 aromatic rings. The fraction of sp³-hybridized carbons (Fsp3) is 0.300. The summed E-state index contributed by atoms with van der Waals surface area (Å²) in [6.45, 7) is 6.52. The van der Waals surface area contributed by atoms with Crippen molar-refractivity contribution in [2.45, 2.75) is 33.2 Å². The van der Waals surface area contributed by atoms with Crippen molar-refractivity contribution in [2.24, 2.45) is 0 Å². The maximum Gasteiger partial charge on any atom is 0.274 e. The summed E-state index contributed by atoms with van der Waals surface area (Å²) in [6.07, 6.45) is 4.20. The Labute approximate surface area is 158 Å². The van der Waals surface area contributed by atoms with Crippen molar-refractivity contribution >= 4 is 5.91 Å². The van der Waals surface area contributed by atoms with Crippen LogP contribution in [0.2, 0.25) is 0 Å². The maximum absolute atomic E-state index is 12.7. The zero-order valence-corrected chi connectivity index (χ0v) is 15.7. The Bertz CT molecular complexity index is 890. The number of benzene rings is 1. The highest BCUT2D eigenvalue weighted by atomic mass is 16.5. The Morgan fingerprint density at radius 2 is 1.85 bits per heavy atom. The van der Waals surface area contributed by atoms with Gasteiger partial charge in [0.05, 0.1) is 12.3 Å². The molecule has 27 heavy (non-hydrogen) atoms. The van der Waals surface area contributed by atoms with Gasteiger partial charge in [-0.05, 0) is 56.7 Å². The number of nitrogens with zero attached hydrogens (tertiary/aromatic N) is 4. The molecule has 1 aromatic carbocycles. The molecule has 0 saturated heterocycles. The second kappa shape index (κ2) is 8.44. The average molecular weight is 365 g/mol. The molecule has 0 bridgehead atoms. The molecule has 140 valence electrons. The Morgan fingerprint density at radius 3 is 2.48 bits per heavy atom. The molecule has 0 aliphatic rings. The molecule has 0 unspecified atom stereocenters. The van der Waals surface area contributed by atoms with E-state index in [2.05, 4.69) is 20.6 Å². The molecule has 0 radical (unpaired) electrons. The van der Waals surface area contributed by atoms with Gasteiger partial charge in [0.2, 0.25) is 0 Å². The van der Waals surface area contributed by atoms with Crippen molar-refractivity contribution in [2.75, 3.05) is 6.61 Å². The van der Waals surface area contributed by atoms with Gasteiger partial charge in [-0.25, -0.2) is 4.68 Å². The fourth-order valence-electron chi connectivity index (χ4n) is 2.63. The molecule has 7 heteroatoms. The van der Waals surface area contributed by atoms with Crippen molar-refractivity contribution in [1.82, 2.24) is 25.3 Å². The number of carbonyl (C=O) groups excluding carboxylic acids is 1. The second-order valence-corrected chi connectivity index (χ2v) is 6.14. The Balaban J connectivity index is 2.05. The molecule has 3 rings (SSSR count). The van der Waals surface area contributed by atoms with Gasteiger partial charge in [0.15, 0.2) is 5.69 Å². The van der Waals surface area contributed by atoms with E-state index in [-0.39, 0.29) is 17.6 Å². The topological polar surface area (TPSA) is 81.9 Å². The van der Waals surface area contributed by atoms with Crippen LogP contribution in [0.4, 0.5) is 0 Å². The standard InChI is InChI=1S/C20H23N5O2/c1-4-14(3)22-20(26)18-19(15-10-12-21-13-11-15)25(24-23-18)16-6-8-17(9-7-16)27-5-2/h6-14H,4-5H2,1-3H3,(H,22,26)/t14-/m0/s1. The van der Waals surface area contributed by atoms with Crippen molar-refractivity contribution in [3.05, 3.63) is 54.5 Å². The normalized spacial score (nSPS) is 11.8. The van der Waals surface area contributed by atoms with Crippen LogP contribution in [0.3, 0.4) is 0 Å². The zero-order chi connectivity index (χ0) is 19.2. The van der Waals surface area contributed by atoms with Gasteiger partial charge >= 0.3 is 0 Å². The smallest absolute Gasteiger partial charge is 0.274 e. The van der Waals surface area contributed by atoms with Gasteiger partial charge in [0.25, 0.3) is 5.91 Å². The maximum atomic E-state index is 12.7. The van der Waals surface area contributed by atoms with E-state index in [1.165, 1.54) is 0 Å². The fourth-order valence-corrected chi connectivity index (χ4v) is 2.63. The van der Waals surface area contributed by atoms with Crippen LogP contribution in [0.15, 0.2) is 48.8 Å². The van der Waals surface area contributed by atoms with E-state index in [4.69, 9.17) is 4.74 Å². The molecular weight excluding hydrogens is 342 g/mol. The lowest BCUT2D eigenvalue weighted by Crippen LogP contribution is -2.32. The highest BCUT2D eigenvalue weighted by Crippen LogP contribution is 2.26. The second-order valence-electron chi connectivity index (χ2n) is 6.14. The van der Waals surface area contributed by atoms with E-state index in [1.54, 1.807) is 17.1 Å². The van der Waals surface area contributed by atoms with Crippen LogP contribution >= 0.6 is 0 Å². The minimum atomic E-state index is -0.242. The first kappa shape index (κ1) is 18.6. The van der Waals surface area contributed by atoms with Gasteiger partial charge < -0.3 is 10.1 Å². The molecule has 1 N–H and O–H groups in total. The summed E-state index contributed by atoms with van der Waals surface area (Å²) < 4.78 is 7.16. The SMILES string of the molecule is CCOc1ccc(-n2nnc(C(=O)N[C@@H](C)CC)c2-c2ccncc2)cc1. The van der Waals surface area contributed by atoms with Crippen LogP contribution in [-0.2, 0) is 0 Å². The quantitative estimate of drug-likeness (QED) is 0.695. The summed E-state index contributed by atoms with van der Waals surface area (Å²) in [7, 11) is 0. The number of amides is 1. The summed E-state index contributed by atoms with van der Waals surface area (Å²) in [6, 6.07) is 11.2. The van der Waals surface area contributed by atoms with Crippen molar-refractivity contribution in [3.63, 3.8) is 0 Å². The molecule has 0 aliphatic heterocycles. The summed E-state index contributed by atoms with van der Waals surface area (Å²) in [5, 5.41) is 11.4. The van der Waals surface area contributed by atoms with Gasteiger partial charge in [0.1, 0.15) is 11.4 Å². The van der Waals surface area contributed by atoms with E-state index < -0.39 is 0 Å². The number of carbonyl (C=O) groups is 1. The number of hydrogen-bond donors (Lipinski definition) is 1. The summed E-state index contributed by atoms with van der Waals surface area (Å²) in [5.74, 6) is 0.537. The summed E-state index contributed by atoms with van der Waals surface area (Å²) >= 11 is 0. The number of rotatable bonds is 7. The minimum absolute atomic E-state index is 0.0541. The Morgan fingerprint density at radius 1 is 1.15 bits per heavy atom. The lowest BCUT2D eigenvalue weighted by atomic mass is 10.1. The van der Waals surface area contributed by atoms with E-state index in [9.17, 15) is 4.79 Å². The number of ether oxygens (including phenoxy) is 1. The number of pyridine rings is 1. The molecule has 2 aromatic heterocycles. The molecule has 7 nitrogen and oxygen atoms in total. The molecule has 2 heterocycles. The number of aromatic nitrogens is 4. The summed E-state index contributed by atoms with van der Waals surface area (Å²) in [5.41, 5.74) is 2.52. The third-order valence-corrected chi connectivity index (χ3v) is 4.22. The third kappa shape index (κ3) is 4.13. The third-order valence-electron chi connectivity index (χ3n) is 4.22. The predicted molar refractivity (Wildman–Crippen MR) is 103 cm³/mol. The van der Waals surface area contributed by atoms with Crippen LogP contribution in [0.5, 0.6) is 5.75 Å². The van der Waals surface area contributed by atoms with E-state index in [0.29, 0.717) is 12.3 Å². The largest absolute Gasteiger partial charge is 0.494 e. The van der Waals surface area contributed by atoms with Crippen molar-refractivity contribution in [1.29, 1.82) is 0 Å². The molecule has 1 amide bonds. The van der Waals surface area contributed by atoms with Gasteiger partial charge in [-0.1, -0.05) is 12.1 Å². The molecule has 0 aliphatic carbocycles.